The van der Waals surface area contributed by atoms with Gasteiger partial charge in [0.2, 0.25) is 0 Å². The molecule has 0 bridgehead atoms. The fourth-order valence-corrected chi connectivity index (χ4v) is 5.80. The Morgan fingerprint density at radius 2 is 2.00 bits per heavy atom. The molecule has 1 saturated heterocycles. The number of carbonyl (C=O) groups excluding carboxylic acids is 1. The van der Waals surface area contributed by atoms with Crippen LogP contribution in [0.15, 0.2) is 47.4 Å². The minimum Gasteiger partial charge on any atom is -0.322 e. The topological polar surface area (TPSA) is 29.1 Å². The summed E-state index contributed by atoms with van der Waals surface area (Å²) in [6, 6.07) is 13.6. The van der Waals surface area contributed by atoms with E-state index in [2.05, 4.69) is 17.4 Å². The molecule has 0 atom stereocenters. The zero-order valence-corrected chi connectivity index (χ0v) is 15.7. The Hall–Kier alpha value is -0.750. The third kappa shape index (κ3) is 4.21. The third-order valence-electron chi connectivity index (χ3n) is 3.46. The molecule has 1 amide bonds. The molecule has 1 heterocycles. The maximum Gasteiger partial charge on any atom is 0.257 e. The fraction of sp³-hybridized carbons (Fsp3) is 0.235. The van der Waals surface area contributed by atoms with Crippen LogP contribution in [-0.2, 0) is 0 Å². The molecule has 2 aromatic rings. The summed E-state index contributed by atoms with van der Waals surface area (Å²) in [5.41, 5.74) is 2.57. The van der Waals surface area contributed by atoms with Crippen LogP contribution < -0.4 is 5.32 Å². The van der Waals surface area contributed by atoms with Gasteiger partial charge in [0.15, 0.2) is 0 Å². The molecule has 1 N–H and O–H groups in total. The predicted octanol–water partition coefficient (Wildman–Crippen LogP) is 5.79. The number of rotatable bonds is 4. The van der Waals surface area contributed by atoms with Gasteiger partial charge in [-0.3, -0.25) is 4.79 Å². The first kappa shape index (κ1) is 17.1. The van der Waals surface area contributed by atoms with E-state index in [-0.39, 0.29) is 5.91 Å². The van der Waals surface area contributed by atoms with Crippen molar-refractivity contribution in [3.8, 4) is 0 Å². The van der Waals surface area contributed by atoms with Gasteiger partial charge >= 0.3 is 0 Å². The largest absolute Gasteiger partial charge is 0.322 e. The van der Waals surface area contributed by atoms with E-state index < -0.39 is 0 Å². The van der Waals surface area contributed by atoms with Gasteiger partial charge in [-0.2, -0.15) is 0 Å². The van der Waals surface area contributed by atoms with Crippen molar-refractivity contribution < 1.29 is 4.79 Å². The van der Waals surface area contributed by atoms with Crippen molar-refractivity contribution in [1.82, 2.24) is 0 Å². The summed E-state index contributed by atoms with van der Waals surface area (Å²) >= 11 is 11.7. The van der Waals surface area contributed by atoms with E-state index in [4.69, 9.17) is 11.6 Å². The van der Waals surface area contributed by atoms with Crippen LogP contribution in [0.3, 0.4) is 0 Å². The Morgan fingerprint density at radius 1 is 1.22 bits per heavy atom. The van der Waals surface area contributed by atoms with Gasteiger partial charge in [0.25, 0.3) is 5.91 Å². The van der Waals surface area contributed by atoms with Crippen LogP contribution in [0.2, 0.25) is 5.02 Å². The Bertz CT molecular complexity index is 717. The molecule has 0 aliphatic carbocycles. The van der Waals surface area contributed by atoms with E-state index in [1.54, 1.807) is 17.8 Å². The SMILES string of the molecule is CSc1ccc(Cl)c(C(=O)Nc2cccc(C3SCCS3)c2)c1. The number of amides is 1. The zero-order chi connectivity index (χ0) is 16.2. The second-order valence-electron chi connectivity index (χ2n) is 5.00. The predicted molar refractivity (Wildman–Crippen MR) is 105 cm³/mol. The summed E-state index contributed by atoms with van der Waals surface area (Å²) in [4.78, 5) is 13.5. The summed E-state index contributed by atoms with van der Waals surface area (Å²) in [7, 11) is 0. The fourth-order valence-electron chi connectivity index (χ4n) is 2.32. The number of halogens is 1. The van der Waals surface area contributed by atoms with Gasteiger partial charge in [-0.1, -0.05) is 23.7 Å². The first-order chi connectivity index (χ1) is 11.2. The Morgan fingerprint density at radius 3 is 2.74 bits per heavy atom. The standard InChI is InChI=1S/C17H16ClNOS3/c1-21-13-5-6-15(18)14(10-13)16(20)19-12-4-2-3-11(9-12)17-22-7-8-23-17/h2-6,9-10,17H,7-8H2,1H3,(H,19,20). The van der Waals surface area contributed by atoms with Crippen molar-refractivity contribution >= 4 is 58.5 Å². The Kier molecular flexibility index (Phi) is 5.85. The highest BCUT2D eigenvalue weighted by molar-refractivity contribution is 8.19. The summed E-state index contributed by atoms with van der Waals surface area (Å²) < 4.78 is 0.468. The highest BCUT2D eigenvalue weighted by atomic mass is 35.5. The molecule has 0 unspecified atom stereocenters. The number of benzene rings is 2. The average Bonchev–Trinajstić information content (AvgIpc) is 3.10. The monoisotopic (exact) mass is 381 g/mol. The van der Waals surface area contributed by atoms with Gasteiger partial charge in [-0.25, -0.2) is 0 Å². The number of thioether (sulfide) groups is 3. The number of anilines is 1. The van der Waals surface area contributed by atoms with Gasteiger partial charge in [-0.15, -0.1) is 35.3 Å². The number of hydrogen-bond acceptors (Lipinski definition) is 4. The molecule has 0 saturated carbocycles. The number of nitrogens with one attached hydrogen (secondary N) is 1. The first-order valence-electron chi connectivity index (χ1n) is 7.15. The maximum atomic E-state index is 12.5. The number of carbonyl (C=O) groups is 1. The molecule has 23 heavy (non-hydrogen) atoms. The zero-order valence-electron chi connectivity index (χ0n) is 12.5. The molecule has 6 heteroatoms. The van der Waals surface area contributed by atoms with Crippen LogP contribution in [0.1, 0.15) is 20.5 Å². The quantitative estimate of drug-likeness (QED) is 0.678. The molecule has 3 rings (SSSR count). The van der Waals surface area contributed by atoms with E-state index in [9.17, 15) is 4.79 Å². The smallest absolute Gasteiger partial charge is 0.257 e. The van der Waals surface area contributed by atoms with Gasteiger partial charge in [0.05, 0.1) is 15.2 Å². The minimum absolute atomic E-state index is 0.172. The van der Waals surface area contributed by atoms with Crippen LogP contribution in [0.5, 0.6) is 0 Å². The van der Waals surface area contributed by atoms with Gasteiger partial charge in [-0.05, 0) is 42.2 Å². The van der Waals surface area contributed by atoms with Crippen molar-refractivity contribution in [2.75, 3.05) is 23.1 Å². The maximum absolute atomic E-state index is 12.5. The molecule has 2 nitrogen and oxygen atoms in total. The van der Waals surface area contributed by atoms with E-state index in [0.717, 1.165) is 10.6 Å². The highest BCUT2D eigenvalue weighted by Gasteiger charge is 2.19. The summed E-state index contributed by atoms with van der Waals surface area (Å²) in [5.74, 6) is 2.20. The Labute approximate surface area is 154 Å². The summed E-state index contributed by atoms with van der Waals surface area (Å²) in [6.07, 6.45) is 1.98. The van der Waals surface area contributed by atoms with Crippen molar-refractivity contribution in [3.05, 3.63) is 58.6 Å². The molecule has 0 radical (unpaired) electrons. The van der Waals surface area contributed by atoms with Crippen LogP contribution >= 0.6 is 46.9 Å². The van der Waals surface area contributed by atoms with Crippen molar-refractivity contribution in [2.45, 2.75) is 9.48 Å². The lowest BCUT2D eigenvalue weighted by molar-refractivity contribution is 0.102. The van der Waals surface area contributed by atoms with Crippen LogP contribution in [0.4, 0.5) is 5.69 Å². The van der Waals surface area contributed by atoms with Crippen molar-refractivity contribution in [3.63, 3.8) is 0 Å². The van der Waals surface area contributed by atoms with Gasteiger partial charge < -0.3 is 5.32 Å². The first-order valence-corrected chi connectivity index (χ1v) is 10.9. The summed E-state index contributed by atoms with van der Waals surface area (Å²) in [5, 5.41) is 3.43. The molecule has 120 valence electrons. The molecule has 0 aromatic heterocycles. The van der Waals surface area contributed by atoms with Gasteiger partial charge in [0, 0.05) is 22.1 Å². The average molecular weight is 382 g/mol. The molecular weight excluding hydrogens is 366 g/mol. The normalized spacial score (nSPS) is 14.9. The lowest BCUT2D eigenvalue weighted by Gasteiger charge is -2.12. The second kappa shape index (κ2) is 7.88. The van der Waals surface area contributed by atoms with Crippen molar-refractivity contribution in [2.24, 2.45) is 0 Å². The molecule has 1 aliphatic rings. The molecule has 2 aromatic carbocycles. The minimum atomic E-state index is -0.172. The molecule has 1 aliphatic heterocycles. The molecule has 0 spiro atoms. The lowest BCUT2D eigenvalue weighted by atomic mass is 10.2. The van der Waals surface area contributed by atoms with E-state index in [0.29, 0.717) is 15.2 Å². The molecule has 1 fully saturated rings. The van der Waals surface area contributed by atoms with Crippen LogP contribution in [0.25, 0.3) is 0 Å². The van der Waals surface area contributed by atoms with Crippen molar-refractivity contribution in [1.29, 1.82) is 0 Å². The molecular formula is C17H16ClNOS3. The van der Waals surface area contributed by atoms with Gasteiger partial charge in [0.1, 0.15) is 0 Å². The number of hydrogen-bond donors (Lipinski definition) is 1. The Balaban J connectivity index is 1.79. The van der Waals surface area contributed by atoms with E-state index >= 15 is 0 Å². The van der Waals surface area contributed by atoms with Crippen LogP contribution in [-0.4, -0.2) is 23.7 Å². The van der Waals surface area contributed by atoms with E-state index in [1.807, 2.05) is 54.0 Å². The third-order valence-corrected chi connectivity index (χ3v) is 7.62. The highest BCUT2D eigenvalue weighted by Crippen LogP contribution is 2.45. The van der Waals surface area contributed by atoms with Crippen LogP contribution in [0, 0.1) is 0 Å². The lowest BCUT2D eigenvalue weighted by Crippen LogP contribution is -2.12. The second-order valence-corrected chi connectivity index (χ2v) is 9.01. The van der Waals surface area contributed by atoms with E-state index in [1.165, 1.54) is 17.1 Å². The summed E-state index contributed by atoms with van der Waals surface area (Å²) in [6.45, 7) is 0.